The predicted molar refractivity (Wildman–Crippen MR) is 73.7 cm³/mol. The molecule has 96 valence electrons. The maximum absolute atomic E-state index is 12.2. The number of methoxy groups -OCH3 is 1. The molecule has 0 spiro atoms. The largest absolute Gasteiger partial charge is 0.618 e. The van der Waals surface area contributed by atoms with E-state index < -0.39 is 0 Å². The molecule has 0 amide bonds. The fourth-order valence-corrected chi connectivity index (χ4v) is 2.86. The van der Waals surface area contributed by atoms with Crippen LogP contribution in [0.3, 0.4) is 0 Å². The molecular weight excluding hydrogens is 368 g/mol. The van der Waals surface area contributed by atoms with E-state index in [0.717, 1.165) is 9.46 Å². The Labute approximate surface area is 120 Å². The van der Waals surface area contributed by atoms with Gasteiger partial charge in [0, 0.05) is 6.07 Å². The summed E-state index contributed by atoms with van der Waals surface area (Å²) in [4.78, 5) is 0. The van der Waals surface area contributed by atoms with Crippen molar-refractivity contribution in [3.05, 3.63) is 40.0 Å². The smallest absolute Gasteiger partial charge is 0.294 e. The third kappa shape index (κ3) is 2.01. The zero-order valence-corrected chi connectivity index (χ0v) is 12.7. The number of fused-ring (bicyclic) bond motifs is 1. The number of hydrogen-bond donors (Lipinski definition) is 0. The van der Waals surface area contributed by atoms with Crippen LogP contribution in [0.1, 0.15) is 11.4 Å². The molecule has 1 aromatic heterocycles. The van der Waals surface area contributed by atoms with Crippen molar-refractivity contribution in [2.45, 2.75) is 10.7 Å². The molecule has 1 aromatic carbocycles. The first-order valence-electron chi connectivity index (χ1n) is 5.10. The first-order valence-corrected chi connectivity index (χ1v) is 7.34. The Hall–Kier alpha value is -1.08. The van der Waals surface area contributed by atoms with Crippen molar-refractivity contribution in [1.82, 2.24) is 0 Å². The van der Waals surface area contributed by atoms with Gasteiger partial charge in [0.2, 0.25) is 0 Å². The maximum atomic E-state index is 12.2. The van der Waals surface area contributed by atoms with Gasteiger partial charge < -0.3 is 15.2 Å². The lowest BCUT2D eigenvalue weighted by atomic mass is 10.2. The number of halogens is 2. The van der Waals surface area contributed by atoms with E-state index in [4.69, 9.17) is 4.74 Å². The molecule has 1 heterocycles. The Kier molecular flexibility index (Phi) is 3.91. The van der Waals surface area contributed by atoms with E-state index >= 15 is 0 Å². The summed E-state index contributed by atoms with van der Waals surface area (Å²) in [5, 5.41) is 25.0. The third-order valence-electron chi connectivity index (χ3n) is 2.70. The van der Waals surface area contributed by atoms with Gasteiger partial charge in [-0.25, -0.2) is 0 Å². The van der Waals surface area contributed by atoms with E-state index in [0.29, 0.717) is 38.8 Å². The second kappa shape index (κ2) is 5.27. The van der Waals surface area contributed by atoms with E-state index in [1.807, 2.05) is 0 Å². The first-order chi connectivity index (χ1) is 8.63. The SMILES string of the molecule is COc1ccc2c(c1)[n+]([O-])c(CBr)c(CBr)[n+]2[O-]. The van der Waals surface area contributed by atoms with E-state index in [-0.39, 0.29) is 0 Å². The van der Waals surface area contributed by atoms with Gasteiger partial charge >= 0.3 is 0 Å². The van der Waals surface area contributed by atoms with Crippen LogP contribution in [-0.2, 0) is 10.7 Å². The molecule has 0 saturated heterocycles. The third-order valence-corrected chi connectivity index (χ3v) is 3.76. The molecule has 0 atom stereocenters. The summed E-state index contributed by atoms with van der Waals surface area (Å²) in [6.45, 7) is 0. The summed E-state index contributed by atoms with van der Waals surface area (Å²) in [5.41, 5.74) is 1.41. The topological polar surface area (TPSA) is 63.1 Å². The van der Waals surface area contributed by atoms with Gasteiger partial charge in [-0.3, -0.25) is 0 Å². The van der Waals surface area contributed by atoms with Crippen molar-refractivity contribution in [2.24, 2.45) is 0 Å². The molecule has 0 aliphatic heterocycles. The lowest BCUT2D eigenvalue weighted by molar-refractivity contribution is -0.638. The monoisotopic (exact) mass is 376 g/mol. The molecular formula is C11H10Br2N2O3. The number of hydrogen-bond acceptors (Lipinski definition) is 3. The minimum atomic E-state index is 0.295. The summed E-state index contributed by atoms with van der Waals surface area (Å²) < 4.78 is 6.60. The number of alkyl halides is 2. The van der Waals surface area contributed by atoms with Crippen molar-refractivity contribution in [2.75, 3.05) is 7.11 Å². The van der Waals surface area contributed by atoms with Crippen molar-refractivity contribution in [3.63, 3.8) is 0 Å². The fraction of sp³-hybridized carbons (Fsp3) is 0.273. The van der Waals surface area contributed by atoms with Crippen LogP contribution in [-0.4, -0.2) is 7.11 Å². The van der Waals surface area contributed by atoms with Gasteiger partial charge in [-0.2, -0.15) is 9.46 Å². The van der Waals surface area contributed by atoms with Crippen LogP contribution in [0.5, 0.6) is 5.75 Å². The van der Waals surface area contributed by atoms with Gasteiger partial charge in [-0.1, -0.05) is 31.9 Å². The van der Waals surface area contributed by atoms with Gasteiger partial charge in [-0.15, -0.1) is 0 Å². The maximum Gasteiger partial charge on any atom is 0.294 e. The Morgan fingerprint density at radius 3 is 2.11 bits per heavy atom. The minimum Gasteiger partial charge on any atom is -0.618 e. The summed E-state index contributed by atoms with van der Waals surface area (Å²) in [6, 6.07) is 4.79. The Balaban J connectivity index is 2.87. The van der Waals surface area contributed by atoms with E-state index in [1.54, 1.807) is 18.2 Å². The number of ether oxygens (including phenoxy) is 1. The molecule has 7 heteroatoms. The van der Waals surface area contributed by atoms with Crippen molar-refractivity contribution in [3.8, 4) is 5.75 Å². The lowest BCUT2D eigenvalue weighted by Crippen LogP contribution is -2.45. The van der Waals surface area contributed by atoms with Gasteiger partial charge in [0.15, 0.2) is 0 Å². The Bertz CT molecular complexity index is 605. The molecule has 18 heavy (non-hydrogen) atoms. The molecule has 0 unspecified atom stereocenters. The minimum absolute atomic E-state index is 0.295. The molecule has 0 bridgehead atoms. The molecule has 0 aliphatic rings. The first kappa shape index (κ1) is 13.4. The summed E-state index contributed by atoms with van der Waals surface area (Å²) in [7, 11) is 1.51. The highest BCUT2D eigenvalue weighted by Crippen LogP contribution is 2.18. The van der Waals surface area contributed by atoms with Crippen LogP contribution >= 0.6 is 31.9 Å². The summed E-state index contributed by atoms with van der Waals surface area (Å²) in [5.74, 6) is 0.541. The van der Waals surface area contributed by atoms with Gasteiger partial charge in [0.25, 0.3) is 22.4 Å². The van der Waals surface area contributed by atoms with E-state index in [1.165, 1.54) is 7.11 Å². The number of benzene rings is 1. The zero-order chi connectivity index (χ0) is 13.3. The molecule has 0 saturated carbocycles. The van der Waals surface area contributed by atoms with E-state index in [2.05, 4.69) is 31.9 Å². The zero-order valence-electron chi connectivity index (χ0n) is 9.52. The molecule has 0 radical (unpaired) electrons. The van der Waals surface area contributed by atoms with Gasteiger partial charge in [0.1, 0.15) is 5.75 Å². The fourth-order valence-electron chi connectivity index (χ4n) is 1.75. The molecule has 2 rings (SSSR count). The quantitative estimate of drug-likeness (QED) is 0.466. The lowest BCUT2D eigenvalue weighted by Gasteiger charge is -2.11. The second-order valence-corrected chi connectivity index (χ2v) is 4.73. The predicted octanol–water partition coefficient (Wildman–Crippen LogP) is 1.91. The van der Waals surface area contributed by atoms with Gasteiger partial charge in [0.05, 0.1) is 23.8 Å². The highest BCUT2D eigenvalue weighted by Gasteiger charge is 2.26. The van der Waals surface area contributed by atoms with Crippen LogP contribution in [0.4, 0.5) is 0 Å². The normalized spacial score (nSPS) is 10.8. The molecule has 0 N–H and O–H groups in total. The highest BCUT2D eigenvalue weighted by atomic mass is 79.9. The number of aromatic nitrogens is 2. The average molecular weight is 378 g/mol. The van der Waals surface area contributed by atoms with E-state index in [9.17, 15) is 10.4 Å². The van der Waals surface area contributed by atoms with Crippen molar-refractivity contribution < 1.29 is 14.2 Å². The van der Waals surface area contributed by atoms with Crippen LogP contribution in [0.15, 0.2) is 18.2 Å². The van der Waals surface area contributed by atoms with Crippen LogP contribution in [0.25, 0.3) is 11.0 Å². The molecule has 0 aliphatic carbocycles. The molecule has 0 fully saturated rings. The van der Waals surface area contributed by atoms with Crippen LogP contribution in [0, 0.1) is 10.4 Å². The van der Waals surface area contributed by atoms with Crippen LogP contribution in [0.2, 0.25) is 0 Å². The Morgan fingerprint density at radius 2 is 1.61 bits per heavy atom. The number of nitrogens with zero attached hydrogens (tertiary/aromatic N) is 2. The Morgan fingerprint density at radius 1 is 1.06 bits per heavy atom. The van der Waals surface area contributed by atoms with Crippen molar-refractivity contribution >= 4 is 42.9 Å². The summed E-state index contributed by atoms with van der Waals surface area (Å²) in [6.07, 6.45) is 0. The molecule has 5 nitrogen and oxygen atoms in total. The standard InChI is InChI=1S/C11H10Br2N2O3/c1-18-7-2-3-8-9(4-7)15(17)11(6-13)10(5-12)14(8)16/h2-4H,5-6H2,1H3. The highest BCUT2D eigenvalue weighted by molar-refractivity contribution is 9.09. The molecule has 2 aromatic rings. The van der Waals surface area contributed by atoms with Crippen molar-refractivity contribution in [1.29, 1.82) is 0 Å². The summed E-state index contributed by atoms with van der Waals surface area (Å²) >= 11 is 6.46. The van der Waals surface area contributed by atoms with Crippen LogP contribution < -0.4 is 14.2 Å². The van der Waals surface area contributed by atoms with Gasteiger partial charge in [-0.05, 0) is 6.07 Å². The number of rotatable bonds is 3. The second-order valence-electron chi connectivity index (χ2n) is 3.60. The average Bonchev–Trinajstić information content (AvgIpc) is 2.41.